The highest BCUT2D eigenvalue weighted by molar-refractivity contribution is 7.89. The Balaban J connectivity index is 2.90. The lowest BCUT2D eigenvalue weighted by atomic mass is 10.1. The molecule has 0 saturated carbocycles. The minimum absolute atomic E-state index is 0.0335. The third-order valence-electron chi connectivity index (χ3n) is 2.87. The van der Waals surface area contributed by atoms with Crippen LogP contribution in [0.1, 0.15) is 47.7 Å². The molecule has 3 N–H and O–H groups in total. The first kappa shape index (κ1) is 16.1. The van der Waals surface area contributed by atoms with E-state index < -0.39 is 10.0 Å². The summed E-state index contributed by atoms with van der Waals surface area (Å²) in [5.41, 5.74) is 0. The summed E-state index contributed by atoms with van der Waals surface area (Å²) < 4.78 is 22.6. The van der Waals surface area contributed by atoms with Crippen LogP contribution in [-0.2, 0) is 10.0 Å². The molecule has 0 aromatic carbocycles. The maximum absolute atomic E-state index is 12.0. The summed E-state index contributed by atoms with van der Waals surface area (Å²) >= 11 is 1.15. The zero-order valence-corrected chi connectivity index (χ0v) is 13.0. The normalized spacial score (nSPS) is 13.3. The Hall–Kier alpha value is -0.920. The second-order valence-corrected chi connectivity index (χ2v) is 7.23. The first-order chi connectivity index (χ1) is 8.79. The number of hydrogen-bond donors (Lipinski definition) is 2. The van der Waals surface area contributed by atoms with Gasteiger partial charge in [-0.1, -0.05) is 20.3 Å². The van der Waals surface area contributed by atoms with Gasteiger partial charge in [-0.3, -0.25) is 4.79 Å². The molecule has 0 spiro atoms. The Kier molecular flexibility index (Phi) is 5.51. The van der Waals surface area contributed by atoms with Crippen molar-refractivity contribution in [2.24, 2.45) is 5.14 Å². The molecule has 0 fully saturated rings. The lowest BCUT2D eigenvalue weighted by Crippen LogP contribution is -2.33. The molecule has 1 aromatic heterocycles. The number of nitrogens with one attached hydrogen (secondary N) is 1. The zero-order chi connectivity index (χ0) is 14.6. The molecule has 19 heavy (non-hydrogen) atoms. The fraction of sp³-hybridized carbons (Fsp3) is 0.583. The number of thiophene rings is 1. The van der Waals surface area contributed by atoms with E-state index in [2.05, 4.69) is 12.2 Å². The number of nitrogens with two attached hydrogens (primary N) is 1. The van der Waals surface area contributed by atoms with Crippen LogP contribution >= 0.6 is 11.3 Å². The Morgan fingerprint density at radius 1 is 1.47 bits per heavy atom. The van der Waals surface area contributed by atoms with Gasteiger partial charge in [0.2, 0.25) is 10.0 Å². The average Bonchev–Trinajstić information content (AvgIpc) is 2.70. The van der Waals surface area contributed by atoms with Crippen molar-refractivity contribution < 1.29 is 13.2 Å². The highest BCUT2D eigenvalue weighted by Crippen LogP contribution is 2.24. The van der Waals surface area contributed by atoms with Gasteiger partial charge in [-0.25, -0.2) is 13.6 Å². The van der Waals surface area contributed by atoms with Gasteiger partial charge in [-0.15, -0.1) is 11.3 Å². The maximum Gasteiger partial charge on any atom is 0.261 e. The van der Waals surface area contributed by atoms with Crippen LogP contribution in [-0.4, -0.2) is 20.4 Å². The fourth-order valence-corrected chi connectivity index (χ4v) is 3.89. The zero-order valence-electron chi connectivity index (χ0n) is 11.4. The number of rotatable bonds is 6. The van der Waals surface area contributed by atoms with E-state index in [-0.39, 0.29) is 16.8 Å². The van der Waals surface area contributed by atoms with Crippen LogP contribution < -0.4 is 10.5 Å². The number of aryl methyl sites for hydroxylation is 1. The Bertz CT molecular complexity index is 549. The Labute approximate surface area is 118 Å². The highest BCUT2D eigenvalue weighted by atomic mass is 32.2. The van der Waals surface area contributed by atoms with Crippen molar-refractivity contribution in [1.82, 2.24) is 5.32 Å². The minimum atomic E-state index is -3.76. The van der Waals surface area contributed by atoms with Crippen molar-refractivity contribution in [3.8, 4) is 0 Å². The summed E-state index contributed by atoms with van der Waals surface area (Å²) in [4.78, 5) is 13.0. The molecule has 5 nitrogen and oxygen atoms in total. The van der Waals surface area contributed by atoms with Crippen LogP contribution in [0.2, 0.25) is 0 Å². The van der Waals surface area contributed by atoms with Gasteiger partial charge in [0.05, 0.1) is 9.77 Å². The van der Waals surface area contributed by atoms with Crippen LogP contribution in [0.5, 0.6) is 0 Å². The first-order valence-electron chi connectivity index (χ1n) is 6.23. The molecule has 0 aliphatic carbocycles. The topological polar surface area (TPSA) is 89.3 Å². The average molecular weight is 304 g/mol. The predicted molar refractivity (Wildman–Crippen MR) is 76.9 cm³/mol. The monoisotopic (exact) mass is 304 g/mol. The summed E-state index contributed by atoms with van der Waals surface area (Å²) in [5, 5.41) is 8.01. The van der Waals surface area contributed by atoms with Crippen molar-refractivity contribution in [2.45, 2.75) is 51.0 Å². The molecule has 0 saturated heterocycles. The summed E-state index contributed by atoms with van der Waals surface area (Å²) in [6.07, 6.45) is 2.76. The number of amides is 1. The molecule has 1 amide bonds. The van der Waals surface area contributed by atoms with E-state index in [9.17, 15) is 13.2 Å². The van der Waals surface area contributed by atoms with Crippen LogP contribution in [0.25, 0.3) is 0 Å². The van der Waals surface area contributed by atoms with Gasteiger partial charge in [0.15, 0.2) is 0 Å². The van der Waals surface area contributed by atoms with Gasteiger partial charge in [-0.05, 0) is 25.8 Å². The second-order valence-electron chi connectivity index (χ2n) is 4.44. The number of hydrogen-bond acceptors (Lipinski definition) is 4. The molecule has 0 aliphatic rings. The summed E-state index contributed by atoms with van der Waals surface area (Å²) in [7, 11) is -3.76. The number of carbonyl (C=O) groups excluding carboxylic acids is 1. The molecule has 0 radical (unpaired) electrons. The van der Waals surface area contributed by atoms with Crippen LogP contribution in [0.15, 0.2) is 11.0 Å². The molecule has 1 aromatic rings. The minimum Gasteiger partial charge on any atom is -0.349 e. The third-order valence-corrected chi connectivity index (χ3v) is 5.08. The number of primary sulfonamides is 1. The van der Waals surface area contributed by atoms with E-state index in [0.717, 1.165) is 30.6 Å². The van der Waals surface area contributed by atoms with E-state index in [4.69, 9.17) is 5.14 Å². The van der Waals surface area contributed by atoms with Crippen molar-refractivity contribution in [1.29, 1.82) is 0 Å². The van der Waals surface area contributed by atoms with Crippen molar-refractivity contribution in [3.63, 3.8) is 0 Å². The maximum atomic E-state index is 12.0. The molecule has 1 heterocycles. The molecule has 1 unspecified atom stereocenters. The second kappa shape index (κ2) is 6.49. The molecule has 0 aliphatic heterocycles. The molecular formula is C12H20N2O3S2. The van der Waals surface area contributed by atoms with Gasteiger partial charge in [0.1, 0.15) is 0 Å². The molecule has 1 atom stereocenters. The summed E-state index contributed by atoms with van der Waals surface area (Å²) in [5.74, 6) is -0.233. The van der Waals surface area contributed by atoms with E-state index in [1.165, 1.54) is 6.07 Å². The van der Waals surface area contributed by atoms with Crippen molar-refractivity contribution >= 4 is 27.3 Å². The van der Waals surface area contributed by atoms with E-state index in [1.807, 2.05) is 6.92 Å². The largest absolute Gasteiger partial charge is 0.349 e. The SMILES string of the molecule is CCCC(CC)NC(=O)c1cc(S(N)(=O)=O)c(C)s1. The molecule has 0 bridgehead atoms. The van der Waals surface area contributed by atoms with Gasteiger partial charge in [0, 0.05) is 10.9 Å². The Morgan fingerprint density at radius 3 is 2.53 bits per heavy atom. The van der Waals surface area contributed by atoms with Crippen molar-refractivity contribution in [2.75, 3.05) is 0 Å². The van der Waals surface area contributed by atoms with E-state index >= 15 is 0 Å². The highest BCUT2D eigenvalue weighted by Gasteiger charge is 2.20. The fourth-order valence-electron chi connectivity index (χ4n) is 1.84. The van der Waals surface area contributed by atoms with Crippen LogP contribution in [0, 0.1) is 6.92 Å². The van der Waals surface area contributed by atoms with Gasteiger partial charge in [-0.2, -0.15) is 0 Å². The number of sulfonamides is 1. The molecule has 108 valence electrons. The molecule has 1 rings (SSSR count). The van der Waals surface area contributed by atoms with Crippen LogP contribution in [0.4, 0.5) is 0 Å². The first-order valence-corrected chi connectivity index (χ1v) is 8.60. The van der Waals surface area contributed by atoms with E-state index in [1.54, 1.807) is 6.92 Å². The number of carbonyl (C=O) groups is 1. The van der Waals surface area contributed by atoms with Crippen LogP contribution in [0.3, 0.4) is 0 Å². The molecule has 7 heteroatoms. The summed E-state index contributed by atoms with van der Waals surface area (Å²) in [6, 6.07) is 1.47. The van der Waals surface area contributed by atoms with Gasteiger partial charge < -0.3 is 5.32 Å². The molecular weight excluding hydrogens is 284 g/mol. The predicted octanol–water partition coefficient (Wildman–Crippen LogP) is 2.01. The summed E-state index contributed by atoms with van der Waals surface area (Å²) in [6.45, 7) is 5.71. The smallest absolute Gasteiger partial charge is 0.261 e. The standard InChI is InChI=1S/C12H20N2O3S2/c1-4-6-9(5-2)14-12(15)10-7-11(8(3)18-10)19(13,16)17/h7,9H,4-6H2,1-3H3,(H,14,15)(H2,13,16,17). The van der Waals surface area contributed by atoms with E-state index in [0.29, 0.717) is 9.75 Å². The van der Waals surface area contributed by atoms with Crippen molar-refractivity contribution in [3.05, 3.63) is 15.8 Å². The quantitative estimate of drug-likeness (QED) is 0.842. The lowest BCUT2D eigenvalue weighted by Gasteiger charge is -2.15. The third kappa shape index (κ3) is 4.29. The Morgan fingerprint density at radius 2 is 2.11 bits per heavy atom. The van der Waals surface area contributed by atoms with Gasteiger partial charge in [0.25, 0.3) is 5.91 Å². The van der Waals surface area contributed by atoms with Gasteiger partial charge >= 0.3 is 0 Å². The lowest BCUT2D eigenvalue weighted by molar-refractivity contribution is 0.0937.